The molecule has 0 aliphatic carbocycles. The topological polar surface area (TPSA) is 91.3 Å². The van der Waals surface area contributed by atoms with Gasteiger partial charge in [-0.1, -0.05) is 6.92 Å². The summed E-state index contributed by atoms with van der Waals surface area (Å²) >= 11 is 1.45. The first-order valence-corrected chi connectivity index (χ1v) is 6.11. The van der Waals surface area contributed by atoms with Crippen molar-refractivity contribution in [1.29, 1.82) is 0 Å². The van der Waals surface area contributed by atoms with Crippen molar-refractivity contribution in [3.05, 3.63) is 16.6 Å². The zero-order valence-corrected chi connectivity index (χ0v) is 10.5. The average Bonchev–Trinajstić information content (AvgIpc) is 2.78. The fourth-order valence-electron chi connectivity index (χ4n) is 1.20. The molecule has 2 atom stereocenters. The molecule has 6 nitrogen and oxygen atoms in total. The van der Waals surface area contributed by atoms with E-state index in [0.717, 1.165) is 5.01 Å². The van der Waals surface area contributed by atoms with Crippen molar-refractivity contribution in [2.45, 2.75) is 32.4 Å². The van der Waals surface area contributed by atoms with E-state index in [1.54, 1.807) is 6.20 Å². The summed E-state index contributed by atoms with van der Waals surface area (Å²) < 4.78 is 0. The lowest BCUT2D eigenvalue weighted by Crippen LogP contribution is -2.45. The van der Waals surface area contributed by atoms with E-state index in [1.165, 1.54) is 18.3 Å². The van der Waals surface area contributed by atoms with Crippen molar-refractivity contribution in [2.24, 2.45) is 0 Å². The van der Waals surface area contributed by atoms with Crippen molar-refractivity contribution in [3.8, 4) is 0 Å². The Morgan fingerprint density at radius 1 is 1.53 bits per heavy atom. The van der Waals surface area contributed by atoms with Crippen LogP contribution in [-0.4, -0.2) is 28.1 Å². The lowest BCUT2D eigenvalue weighted by atomic mass is 10.2. The molecule has 0 radical (unpaired) electrons. The van der Waals surface area contributed by atoms with Crippen LogP contribution in [0.25, 0.3) is 0 Å². The zero-order chi connectivity index (χ0) is 12.8. The number of carboxylic acids is 1. The number of carbonyl (C=O) groups excluding carboxylic acids is 1. The third kappa shape index (κ3) is 4.03. The molecule has 94 valence electrons. The molecule has 0 spiro atoms. The molecule has 7 heteroatoms. The summed E-state index contributed by atoms with van der Waals surface area (Å²) in [5, 5.41) is 16.3. The largest absolute Gasteiger partial charge is 0.480 e. The Balaban J connectivity index is 2.52. The van der Waals surface area contributed by atoms with Gasteiger partial charge in [0.05, 0.1) is 6.04 Å². The van der Waals surface area contributed by atoms with Crippen molar-refractivity contribution >= 4 is 23.3 Å². The van der Waals surface area contributed by atoms with Crippen LogP contribution in [-0.2, 0) is 4.79 Å². The molecule has 0 aliphatic rings. The minimum Gasteiger partial charge on any atom is -0.480 e. The predicted molar refractivity (Wildman–Crippen MR) is 63.9 cm³/mol. The van der Waals surface area contributed by atoms with Crippen LogP contribution in [0.3, 0.4) is 0 Å². The van der Waals surface area contributed by atoms with Crippen LogP contribution in [0.2, 0.25) is 0 Å². The number of rotatable bonds is 5. The van der Waals surface area contributed by atoms with E-state index in [9.17, 15) is 9.59 Å². The average molecular weight is 257 g/mol. The molecular weight excluding hydrogens is 242 g/mol. The Labute approximate surface area is 103 Å². The number of thiazole rings is 1. The van der Waals surface area contributed by atoms with Gasteiger partial charge in [0.2, 0.25) is 0 Å². The molecule has 1 aromatic rings. The van der Waals surface area contributed by atoms with Crippen molar-refractivity contribution in [3.63, 3.8) is 0 Å². The van der Waals surface area contributed by atoms with E-state index in [-0.39, 0.29) is 6.04 Å². The summed E-state index contributed by atoms with van der Waals surface area (Å²) in [6, 6.07) is -1.60. The molecule has 1 aromatic heterocycles. The van der Waals surface area contributed by atoms with E-state index >= 15 is 0 Å². The van der Waals surface area contributed by atoms with Gasteiger partial charge in [0.15, 0.2) is 0 Å². The number of urea groups is 1. The summed E-state index contributed by atoms with van der Waals surface area (Å²) in [5.41, 5.74) is 0. The quantitative estimate of drug-likeness (QED) is 0.743. The molecule has 0 saturated heterocycles. The van der Waals surface area contributed by atoms with Crippen LogP contribution in [0.5, 0.6) is 0 Å². The monoisotopic (exact) mass is 257 g/mol. The maximum Gasteiger partial charge on any atom is 0.325 e. The second-order valence-corrected chi connectivity index (χ2v) is 4.44. The van der Waals surface area contributed by atoms with Gasteiger partial charge in [-0.25, -0.2) is 9.78 Å². The first-order valence-electron chi connectivity index (χ1n) is 5.23. The summed E-state index contributed by atoms with van der Waals surface area (Å²) in [6.07, 6.45) is 2.37. The summed E-state index contributed by atoms with van der Waals surface area (Å²) in [6.45, 7) is 3.33. The van der Waals surface area contributed by atoms with Crippen LogP contribution in [0, 0.1) is 0 Å². The number of amides is 2. The number of carbonyl (C=O) groups is 2. The summed E-state index contributed by atoms with van der Waals surface area (Å²) in [5.74, 6) is -1.07. The first-order chi connectivity index (χ1) is 8.04. The molecule has 0 aromatic carbocycles. The number of nitrogens with zero attached hydrogens (tertiary/aromatic N) is 1. The molecular formula is C10H15N3O3S. The Hall–Kier alpha value is -1.63. The predicted octanol–water partition coefficient (Wildman–Crippen LogP) is 1.37. The van der Waals surface area contributed by atoms with Gasteiger partial charge < -0.3 is 15.7 Å². The van der Waals surface area contributed by atoms with Crippen LogP contribution >= 0.6 is 11.3 Å². The van der Waals surface area contributed by atoms with E-state index in [2.05, 4.69) is 15.6 Å². The Morgan fingerprint density at radius 3 is 2.71 bits per heavy atom. The van der Waals surface area contributed by atoms with Gasteiger partial charge in [-0.2, -0.15) is 0 Å². The minimum atomic E-state index is -1.07. The highest BCUT2D eigenvalue weighted by Crippen LogP contribution is 2.18. The lowest BCUT2D eigenvalue weighted by Gasteiger charge is -2.16. The second kappa shape index (κ2) is 6.19. The highest BCUT2D eigenvalue weighted by atomic mass is 32.1. The molecule has 17 heavy (non-hydrogen) atoms. The Bertz CT molecular complexity index is 380. The highest BCUT2D eigenvalue weighted by Gasteiger charge is 2.18. The SMILES string of the molecule is CCC(NC(=O)NC(C)C(=O)O)c1nccs1. The molecule has 2 unspecified atom stereocenters. The zero-order valence-electron chi connectivity index (χ0n) is 9.64. The van der Waals surface area contributed by atoms with E-state index < -0.39 is 18.0 Å². The van der Waals surface area contributed by atoms with Gasteiger partial charge in [0.25, 0.3) is 0 Å². The van der Waals surface area contributed by atoms with E-state index in [0.29, 0.717) is 6.42 Å². The molecule has 0 bridgehead atoms. The number of carboxylic acid groups (broad SMARTS) is 1. The third-order valence-corrected chi connectivity index (χ3v) is 3.07. The van der Waals surface area contributed by atoms with Crippen molar-refractivity contribution < 1.29 is 14.7 Å². The standard InChI is InChI=1S/C10H15N3O3S/c1-3-7(8-11-4-5-17-8)13-10(16)12-6(2)9(14)15/h4-7H,3H2,1-2H3,(H,14,15)(H2,12,13,16). The van der Waals surface area contributed by atoms with Gasteiger partial charge >= 0.3 is 12.0 Å². The Kier molecular flexibility index (Phi) is 4.89. The van der Waals surface area contributed by atoms with Gasteiger partial charge in [-0.05, 0) is 13.3 Å². The highest BCUT2D eigenvalue weighted by molar-refractivity contribution is 7.09. The summed E-state index contributed by atoms with van der Waals surface area (Å²) in [4.78, 5) is 26.2. The number of aliphatic carboxylic acids is 1. The lowest BCUT2D eigenvalue weighted by molar-refractivity contribution is -0.138. The summed E-state index contributed by atoms with van der Waals surface area (Å²) in [7, 11) is 0. The maximum absolute atomic E-state index is 11.5. The molecule has 2 amide bonds. The van der Waals surface area contributed by atoms with Crippen LogP contribution < -0.4 is 10.6 Å². The number of nitrogens with one attached hydrogen (secondary N) is 2. The Morgan fingerprint density at radius 2 is 2.24 bits per heavy atom. The van der Waals surface area contributed by atoms with E-state index in [1.807, 2.05) is 12.3 Å². The number of hydrogen-bond acceptors (Lipinski definition) is 4. The third-order valence-electron chi connectivity index (χ3n) is 2.18. The van der Waals surface area contributed by atoms with E-state index in [4.69, 9.17) is 5.11 Å². The van der Waals surface area contributed by atoms with Crippen molar-refractivity contribution in [1.82, 2.24) is 15.6 Å². The van der Waals surface area contributed by atoms with Gasteiger partial charge in [0.1, 0.15) is 11.0 Å². The second-order valence-electron chi connectivity index (χ2n) is 3.51. The van der Waals surface area contributed by atoms with Gasteiger partial charge in [0, 0.05) is 11.6 Å². The molecule has 0 saturated carbocycles. The normalized spacial score (nSPS) is 13.8. The molecule has 1 rings (SSSR count). The maximum atomic E-state index is 11.5. The molecule has 0 fully saturated rings. The fraction of sp³-hybridized carbons (Fsp3) is 0.500. The minimum absolute atomic E-state index is 0.184. The van der Waals surface area contributed by atoms with Gasteiger partial charge in [-0.3, -0.25) is 4.79 Å². The van der Waals surface area contributed by atoms with Crippen LogP contribution in [0.4, 0.5) is 4.79 Å². The van der Waals surface area contributed by atoms with Crippen LogP contribution in [0.1, 0.15) is 31.3 Å². The molecule has 0 aliphatic heterocycles. The van der Waals surface area contributed by atoms with Crippen LogP contribution in [0.15, 0.2) is 11.6 Å². The fourth-order valence-corrected chi connectivity index (χ4v) is 1.98. The smallest absolute Gasteiger partial charge is 0.325 e. The van der Waals surface area contributed by atoms with Crippen molar-refractivity contribution in [2.75, 3.05) is 0 Å². The van der Waals surface area contributed by atoms with Gasteiger partial charge in [-0.15, -0.1) is 11.3 Å². The first kappa shape index (κ1) is 13.4. The molecule has 3 N–H and O–H groups in total. The molecule has 1 heterocycles. The number of hydrogen-bond donors (Lipinski definition) is 3. The number of aromatic nitrogens is 1.